The molecule has 0 fully saturated rings. The summed E-state index contributed by atoms with van der Waals surface area (Å²) in [5.41, 5.74) is 0.698. The van der Waals surface area contributed by atoms with E-state index >= 15 is 0 Å². The first-order chi connectivity index (χ1) is 11.8. The summed E-state index contributed by atoms with van der Waals surface area (Å²) >= 11 is 0. The highest BCUT2D eigenvalue weighted by molar-refractivity contribution is 5.95. The maximum Gasteiger partial charge on any atom is 0.433 e. The average Bonchev–Trinajstić information content (AvgIpc) is 2.98. The zero-order valence-corrected chi connectivity index (χ0v) is 13.5. The SMILES string of the molecule is Cc1nc(C(F)(F)F)ccc1C(=O)NC(C)c1nc2ccccc2[nH]1. The lowest BCUT2D eigenvalue weighted by Crippen LogP contribution is -2.28. The van der Waals surface area contributed by atoms with Crippen LogP contribution in [-0.4, -0.2) is 20.9 Å². The second kappa shape index (κ2) is 6.19. The molecule has 0 saturated heterocycles. The summed E-state index contributed by atoms with van der Waals surface area (Å²) < 4.78 is 38.0. The van der Waals surface area contributed by atoms with Gasteiger partial charge >= 0.3 is 6.18 Å². The van der Waals surface area contributed by atoms with E-state index in [1.807, 2.05) is 24.3 Å². The van der Waals surface area contributed by atoms with Crippen LogP contribution in [0.2, 0.25) is 0 Å². The number of pyridine rings is 1. The second-order valence-corrected chi connectivity index (χ2v) is 5.66. The van der Waals surface area contributed by atoms with Crippen molar-refractivity contribution in [2.45, 2.75) is 26.1 Å². The van der Waals surface area contributed by atoms with E-state index in [1.165, 1.54) is 6.92 Å². The van der Waals surface area contributed by atoms with Gasteiger partial charge in [0.05, 0.1) is 28.3 Å². The number of carbonyl (C=O) groups is 1. The first kappa shape index (κ1) is 16.9. The van der Waals surface area contributed by atoms with E-state index in [0.717, 1.165) is 23.2 Å². The molecule has 0 aliphatic heterocycles. The molecule has 3 aromatic rings. The first-order valence-electron chi connectivity index (χ1n) is 7.56. The topological polar surface area (TPSA) is 70.7 Å². The number of nitrogens with zero attached hydrogens (tertiary/aromatic N) is 2. The molecule has 5 nitrogen and oxygen atoms in total. The number of imidazole rings is 1. The van der Waals surface area contributed by atoms with Crippen molar-refractivity contribution in [3.05, 3.63) is 59.2 Å². The number of alkyl halides is 3. The maximum atomic E-state index is 12.7. The molecule has 25 heavy (non-hydrogen) atoms. The normalized spacial score (nSPS) is 13.0. The molecule has 2 aromatic heterocycles. The number of aromatic amines is 1. The summed E-state index contributed by atoms with van der Waals surface area (Å²) in [6.07, 6.45) is -4.54. The van der Waals surface area contributed by atoms with Crippen LogP contribution in [0.5, 0.6) is 0 Å². The van der Waals surface area contributed by atoms with Crippen molar-refractivity contribution in [2.24, 2.45) is 0 Å². The highest BCUT2D eigenvalue weighted by atomic mass is 19.4. The Morgan fingerprint density at radius 2 is 1.88 bits per heavy atom. The summed E-state index contributed by atoms with van der Waals surface area (Å²) in [6.45, 7) is 3.11. The minimum Gasteiger partial charge on any atom is -0.342 e. The molecule has 1 amide bonds. The van der Waals surface area contributed by atoms with Gasteiger partial charge in [-0.3, -0.25) is 4.79 Å². The van der Waals surface area contributed by atoms with Gasteiger partial charge < -0.3 is 10.3 Å². The van der Waals surface area contributed by atoms with Crippen LogP contribution in [0.4, 0.5) is 13.2 Å². The highest BCUT2D eigenvalue weighted by Gasteiger charge is 2.33. The number of aromatic nitrogens is 3. The van der Waals surface area contributed by atoms with Crippen LogP contribution >= 0.6 is 0 Å². The number of fused-ring (bicyclic) bond motifs is 1. The van der Waals surface area contributed by atoms with Crippen molar-refractivity contribution in [1.82, 2.24) is 20.3 Å². The molecule has 0 radical (unpaired) electrons. The molecule has 2 N–H and O–H groups in total. The largest absolute Gasteiger partial charge is 0.433 e. The standard InChI is InChI=1S/C17H15F3N4O/c1-9-11(7-8-14(21-9)17(18,19)20)16(25)22-10(2)15-23-12-5-3-4-6-13(12)24-15/h3-8,10H,1-2H3,(H,22,25)(H,23,24). The molecule has 1 unspecified atom stereocenters. The van der Waals surface area contributed by atoms with E-state index in [2.05, 4.69) is 20.3 Å². The summed E-state index contributed by atoms with van der Waals surface area (Å²) in [5.74, 6) is 0.0544. The minimum absolute atomic E-state index is 0.0177. The molecule has 0 aliphatic carbocycles. The Balaban J connectivity index is 1.79. The van der Waals surface area contributed by atoms with E-state index in [4.69, 9.17) is 0 Å². The fourth-order valence-corrected chi connectivity index (χ4v) is 2.48. The van der Waals surface area contributed by atoms with Gasteiger partial charge in [0.15, 0.2) is 0 Å². The molecule has 0 aliphatic rings. The Labute approximate surface area is 141 Å². The van der Waals surface area contributed by atoms with Gasteiger partial charge in [-0.25, -0.2) is 9.97 Å². The second-order valence-electron chi connectivity index (χ2n) is 5.66. The van der Waals surface area contributed by atoms with Crippen molar-refractivity contribution in [1.29, 1.82) is 0 Å². The Morgan fingerprint density at radius 3 is 2.52 bits per heavy atom. The number of hydrogen-bond acceptors (Lipinski definition) is 3. The molecule has 0 bridgehead atoms. The maximum absolute atomic E-state index is 12.7. The fourth-order valence-electron chi connectivity index (χ4n) is 2.48. The summed E-state index contributed by atoms with van der Waals surface area (Å²) in [4.78, 5) is 23.3. The number of para-hydroxylation sites is 2. The molecular weight excluding hydrogens is 333 g/mol. The van der Waals surface area contributed by atoms with Crippen molar-refractivity contribution >= 4 is 16.9 Å². The van der Waals surface area contributed by atoms with Crippen molar-refractivity contribution in [3.8, 4) is 0 Å². The Hall–Kier alpha value is -2.90. The molecule has 8 heteroatoms. The average molecular weight is 348 g/mol. The van der Waals surface area contributed by atoms with Crippen LogP contribution in [0.1, 0.15) is 40.5 Å². The van der Waals surface area contributed by atoms with Gasteiger partial charge in [0, 0.05) is 0 Å². The third-order valence-electron chi connectivity index (χ3n) is 3.79. The van der Waals surface area contributed by atoms with E-state index in [9.17, 15) is 18.0 Å². The van der Waals surface area contributed by atoms with Gasteiger partial charge in [-0.05, 0) is 38.1 Å². The highest BCUT2D eigenvalue weighted by Crippen LogP contribution is 2.28. The first-order valence-corrected chi connectivity index (χ1v) is 7.56. The summed E-state index contributed by atoms with van der Waals surface area (Å²) in [7, 11) is 0. The molecule has 0 spiro atoms. The number of carbonyl (C=O) groups excluding carboxylic acids is 1. The number of amides is 1. The number of benzene rings is 1. The van der Waals surface area contributed by atoms with Gasteiger partial charge in [-0.2, -0.15) is 13.2 Å². The minimum atomic E-state index is -4.54. The third kappa shape index (κ3) is 3.47. The lowest BCUT2D eigenvalue weighted by Gasteiger charge is -2.13. The molecular formula is C17H15F3N4O. The van der Waals surface area contributed by atoms with Gasteiger partial charge in [0.1, 0.15) is 11.5 Å². The molecule has 2 heterocycles. The number of rotatable bonds is 3. The number of nitrogens with one attached hydrogen (secondary N) is 2. The Bertz CT molecular complexity index is 900. The molecule has 3 rings (SSSR count). The van der Waals surface area contributed by atoms with E-state index in [-0.39, 0.29) is 11.3 Å². The van der Waals surface area contributed by atoms with Gasteiger partial charge in [0.25, 0.3) is 5.91 Å². The van der Waals surface area contributed by atoms with Crippen molar-refractivity contribution in [2.75, 3.05) is 0 Å². The zero-order chi connectivity index (χ0) is 18.2. The smallest absolute Gasteiger partial charge is 0.342 e. The molecule has 0 saturated carbocycles. The lowest BCUT2D eigenvalue weighted by atomic mass is 10.1. The predicted molar refractivity (Wildman–Crippen MR) is 86.0 cm³/mol. The number of H-pyrrole nitrogens is 1. The lowest BCUT2D eigenvalue weighted by molar-refractivity contribution is -0.141. The van der Waals surface area contributed by atoms with Gasteiger partial charge in [-0.1, -0.05) is 12.1 Å². The van der Waals surface area contributed by atoms with Crippen LogP contribution in [0, 0.1) is 6.92 Å². The number of hydrogen-bond donors (Lipinski definition) is 2. The fraction of sp³-hybridized carbons (Fsp3) is 0.235. The molecule has 1 aromatic carbocycles. The summed E-state index contributed by atoms with van der Waals surface area (Å²) in [5, 5.41) is 2.72. The Kier molecular flexibility index (Phi) is 4.20. The van der Waals surface area contributed by atoms with E-state index in [0.29, 0.717) is 5.82 Å². The van der Waals surface area contributed by atoms with Gasteiger partial charge in [0.2, 0.25) is 0 Å². The summed E-state index contributed by atoms with van der Waals surface area (Å²) in [6, 6.07) is 8.91. The van der Waals surface area contributed by atoms with Gasteiger partial charge in [-0.15, -0.1) is 0 Å². The number of aryl methyl sites for hydroxylation is 1. The third-order valence-corrected chi connectivity index (χ3v) is 3.79. The van der Waals surface area contributed by atoms with Crippen LogP contribution in [-0.2, 0) is 6.18 Å². The van der Waals surface area contributed by atoms with Crippen LogP contribution < -0.4 is 5.32 Å². The molecule has 1 atom stereocenters. The van der Waals surface area contributed by atoms with Crippen molar-refractivity contribution in [3.63, 3.8) is 0 Å². The van der Waals surface area contributed by atoms with Crippen LogP contribution in [0.15, 0.2) is 36.4 Å². The monoisotopic (exact) mass is 348 g/mol. The van der Waals surface area contributed by atoms with Crippen molar-refractivity contribution < 1.29 is 18.0 Å². The van der Waals surface area contributed by atoms with Crippen LogP contribution in [0.3, 0.4) is 0 Å². The predicted octanol–water partition coefficient (Wildman–Crippen LogP) is 3.78. The number of halogens is 3. The zero-order valence-electron chi connectivity index (χ0n) is 13.5. The van der Waals surface area contributed by atoms with Crippen LogP contribution in [0.25, 0.3) is 11.0 Å². The molecule has 130 valence electrons. The quantitative estimate of drug-likeness (QED) is 0.757. The van der Waals surface area contributed by atoms with E-state index in [1.54, 1.807) is 6.92 Å². The van der Waals surface area contributed by atoms with E-state index < -0.39 is 23.8 Å². The Morgan fingerprint density at radius 1 is 1.16 bits per heavy atom.